The van der Waals surface area contributed by atoms with Crippen LogP contribution in [0, 0.1) is 6.92 Å². The summed E-state index contributed by atoms with van der Waals surface area (Å²) < 4.78 is 10.3. The average molecular weight is 623 g/mol. The van der Waals surface area contributed by atoms with Gasteiger partial charge < -0.3 is 31.6 Å². The lowest BCUT2D eigenvalue weighted by Gasteiger charge is -2.08. The zero-order chi connectivity index (χ0) is 32.1. The van der Waals surface area contributed by atoms with Crippen LogP contribution in [0.15, 0.2) is 83.2 Å². The van der Waals surface area contributed by atoms with Gasteiger partial charge in [-0.3, -0.25) is 0 Å². The molecule has 6 N–H and O–H groups in total. The van der Waals surface area contributed by atoms with Crippen LogP contribution in [0.25, 0.3) is 0 Å². The highest BCUT2D eigenvalue weighted by Gasteiger charge is 2.17. The van der Waals surface area contributed by atoms with Gasteiger partial charge in [0.1, 0.15) is 13.2 Å². The fourth-order valence-electron chi connectivity index (χ4n) is 4.95. The van der Waals surface area contributed by atoms with E-state index in [-0.39, 0.29) is 12.1 Å². The molecule has 0 aliphatic carbocycles. The van der Waals surface area contributed by atoms with Gasteiger partial charge in [0.25, 0.3) is 12.0 Å². The first-order valence-electron chi connectivity index (χ1n) is 15.7. The molecule has 240 valence electrons. The number of aliphatic imine (C=N–C) groups is 2. The highest BCUT2D eigenvalue weighted by Crippen LogP contribution is 2.18. The zero-order valence-corrected chi connectivity index (χ0v) is 26.4. The molecule has 0 spiro atoms. The van der Waals surface area contributed by atoms with E-state index in [2.05, 4.69) is 71.7 Å². The SMILES string of the molecule is CCCc1cnc(Nc2ccc(CC[C@H]3COC(N)=N3)cc2)nc1.Cc1ccnc(Nc2ccc(CC[C@H]3COC(N)=N3)cc2)n1. The summed E-state index contributed by atoms with van der Waals surface area (Å²) in [6.45, 7) is 5.28. The van der Waals surface area contributed by atoms with E-state index in [0.29, 0.717) is 37.2 Å². The van der Waals surface area contributed by atoms with E-state index in [1.807, 2.05) is 49.6 Å². The number of nitrogens with two attached hydrogens (primary N) is 2. The van der Waals surface area contributed by atoms with Crippen LogP contribution in [-0.4, -0.2) is 57.3 Å². The van der Waals surface area contributed by atoms with Crippen molar-refractivity contribution in [3.8, 4) is 0 Å². The number of anilines is 4. The molecule has 0 unspecified atom stereocenters. The quantitative estimate of drug-likeness (QED) is 0.169. The van der Waals surface area contributed by atoms with E-state index in [0.717, 1.165) is 61.2 Å². The Hall–Kier alpha value is -5.26. The number of nitrogens with one attached hydrogen (secondary N) is 2. The van der Waals surface area contributed by atoms with Crippen molar-refractivity contribution in [2.75, 3.05) is 23.8 Å². The number of hydrogen-bond donors (Lipinski definition) is 4. The Bertz CT molecular complexity index is 1590. The lowest BCUT2D eigenvalue weighted by atomic mass is 10.1. The third-order valence-electron chi connectivity index (χ3n) is 7.46. The molecule has 4 aromatic rings. The van der Waals surface area contributed by atoms with Crippen molar-refractivity contribution in [1.82, 2.24) is 19.9 Å². The van der Waals surface area contributed by atoms with Crippen molar-refractivity contribution in [1.29, 1.82) is 0 Å². The van der Waals surface area contributed by atoms with Crippen molar-refractivity contribution in [3.63, 3.8) is 0 Å². The lowest BCUT2D eigenvalue weighted by molar-refractivity contribution is 0.308. The molecule has 2 aliphatic heterocycles. The van der Waals surface area contributed by atoms with E-state index in [9.17, 15) is 0 Å². The minimum Gasteiger partial charge on any atom is -0.463 e. The number of ether oxygens (including phenoxy) is 2. The van der Waals surface area contributed by atoms with Crippen LogP contribution in [0.5, 0.6) is 0 Å². The maximum atomic E-state index is 5.52. The summed E-state index contributed by atoms with van der Waals surface area (Å²) in [5, 5.41) is 6.42. The molecule has 2 aromatic carbocycles. The first-order chi connectivity index (χ1) is 22.4. The van der Waals surface area contributed by atoms with Crippen LogP contribution < -0.4 is 22.1 Å². The molecular weight excluding hydrogens is 580 g/mol. The van der Waals surface area contributed by atoms with E-state index in [1.165, 1.54) is 11.1 Å². The number of amidine groups is 2. The van der Waals surface area contributed by atoms with Gasteiger partial charge in [-0.2, -0.15) is 0 Å². The minimum atomic E-state index is 0.179. The van der Waals surface area contributed by atoms with Gasteiger partial charge in [0.2, 0.25) is 11.9 Å². The van der Waals surface area contributed by atoms with Crippen LogP contribution in [0.4, 0.5) is 23.3 Å². The Morgan fingerprint density at radius 2 is 1.20 bits per heavy atom. The minimum absolute atomic E-state index is 0.179. The second-order valence-corrected chi connectivity index (χ2v) is 11.3. The van der Waals surface area contributed by atoms with Gasteiger partial charge in [0, 0.05) is 35.7 Å². The fraction of sp³-hybridized carbons (Fsp3) is 0.353. The Kier molecular flexibility index (Phi) is 11.3. The van der Waals surface area contributed by atoms with Gasteiger partial charge in [-0.1, -0.05) is 37.6 Å². The number of rotatable bonds is 12. The fourth-order valence-corrected chi connectivity index (χ4v) is 4.95. The second-order valence-electron chi connectivity index (χ2n) is 11.3. The Morgan fingerprint density at radius 3 is 1.65 bits per heavy atom. The Morgan fingerprint density at radius 1 is 0.674 bits per heavy atom. The van der Waals surface area contributed by atoms with Gasteiger partial charge in [0.15, 0.2) is 0 Å². The first-order valence-corrected chi connectivity index (χ1v) is 15.7. The maximum Gasteiger partial charge on any atom is 0.282 e. The molecule has 0 radical (unpaired) electrons. The topological polar surface area (TPSA) is 171 Å². The van der Waals surface area contributed by atoms with Crippen molar-refractivity contribution in [2.24, 2.45) is 21.5 Å². The molecule has 0 fully saturated rings. The number of hydrogen-bond acceptors (Lipinski definition) is 12. The highest BCUT2D eigenvalue weighted by atomic mass is 16.5. The molecule has 12 nitrogen and oxygen atoms in total. The van der Waals surface area contributed by atoms with Crippen molar-refractivity contribution in [2.45, 2.75) is 64.5 Å². The molecule has 0 saturated carbocycles. The molecular formula is C34H42N10O2. The molecule has 2 atom stereocenters. The number of nitrogens with zero attached hydrogens (tertiary/aromatic N) is 6. The predicted octanol–water partition coefficient (Wildman–Crippen LogP) is 4.99. The third kappa shape index (κ3) is 10.1. The van der Waals surface area contributed by atoms with E-state index < -0.39 is 0 Å². The molecule has 0 bridgehead atoms. The van der Waals surface area contributed by atoms with Crippen molar-refractivity contribution in [3.05, 3.63) is 95.6 Å². The van der Waals surface area contributed by atoms with E-state index >= 15 is 0 Å². The smallest absolute Gasteiger partial charge is 0.282 e. The Labute approximate surface area is 269 Å². The standard InChI is InChI=1S/C18H23N5O.C16H19N5O/c1-2-3-14-10-20-18(21-11-14)23-15-7-4-13(5-8-15)6-9-16-12-24-17(19)22-16;1-11-8-9-18-16(19-11)21-13-5-2-12(3-6-13)4-7-14-10-22-15(17)20-14/h4-5,7-8,10-11,16H,2-3,6,9,12H2,1H3,(H2,19,22)(H,20,21,23);2-3,5-6,8-9,14H,4,7,10H2,1H3,(H2,17,20)(H,18,19,21)/t16-;14-/m00/s1. The monoisotopic (exact) mass is 622 g/mol. The highest BCUT2D eigenvalue weighted by molar-refractivity contribution is 5.73. The summed E-state index contributed by atoms with van der Waals surface area (Å²) in [6.07, 6.45) is 11.4. The molecule has 46 heavy (non-hydrogen) atoms. The van der Waals surface area contributed by atoms with E-state index in [4.69, 9.17) is 20.9 Å². The summed E-state index contributed by atoms with van der Waals surface area (Å²) in [5.74, 6) is 1.23. The van der Waals surface area contributed by atoms with Crippen LogP contribution in [-0.2, 0) is 28.7 Å². The van der Waals surface area contributed by atoms with Crippen molar-refractivity contribution < 1.29 is 9.47 Å². The predicted molar refractivity (Wildman–Crippen MR) is 182 cm³/mol. The second kappa shape index (κ2) is 16.2. The summed E-state index contributed by atoms with van der Waals surface area (Å²) >= 11 is 0. The number of benzene rings is 2. The summed E-state index contributed by atoms with van der Waals surface area (Å²) in [6, 6.07) is 19.4. The zero-order valence-electron chi connectivity index (χ0n) is 26.4. The molecule has 4 heterocycles. The van der Waals surface area contributed by atoms with Crippen LogP contribution >= 0.6 is 0 Å². The third-order valence-corrected chi connectivity index (χ3v) is 7.46. The number of aromatic nitrogens is 4. The first kappa shape index (κ1) is 32.1. The van der Waals surface area contributed by atoms with Gasteiger partial charge >= 0.3 is 0 Å². The molecule has 2 aromatic heterocycles. The maximum absolute atomic E-state index is 5.52. The summed E-state index contributed by atoms with van der Waals surface area (Å²) in [7, 11) is 0. The van der Waals surface area contributed by atoms with Crippen molar-refractivity contribution >= 4 is 35.3 Å². The molecule has 0 amide bonds. The lowest BCUT2D eigenvalue weighted by Crippen LogP contribution is -2.10. The molecule has 6 rings (SSSR count). The van der Waals surface area contributed by atoms with Gasteiger partial charge in [0.05, 0.1) is 12.1 Å². The Balaban J connectivity index is 0.000000182. The molecule has 0 saturated heterocycles. The van der Waals surface area contributed by atoms with Gasteiger partial charge in [-0.15, -0.1) is 0 Å². The van der Waals surface area contributed by atoms with Gasteiger partial charge in [-0.05, 0) is 86.1 Å². The normalized spacial score (nSPS) is 16.7. The molecule has 12 heteroatoms. The van der Waals surface area contributed by atoms with Gasteiger partial charge in [-0.25, -0.2) is 29.9 Å². The van der Waals surface area contributed by atoms with E-state index in [1.54, 1.807) is 6.20 Å². The largest absolute Gasteiger partial charge is 0.463 e. The average Bonchev–Trinajstić information content (AvgIpc) is 3.69. The van der Waals surface area contributed by atoms with Crippen LogP contribution in [0.1, 0.15) is 48.6 Å². The van der Waals surface area contributed by atoms with Crippen LogP contribution in [0.2, 0.25) is 0 Å². The van der Waals surface area contributed by atoms with Crippen LogP contribution in [0.3, 0.4) is 0 Å². The summed E-state index contributed by atoms with van der Waals surface area (Å²) in [4.78, 5) is 25.7. The number of aryl methyl sites for hydroxylation is 4. The summed E-state index contributed by atoms with van der Waals surface area (Å²) in [5.41, 5.74) is 17.6. The molecule has 2 aliphatic rings.